The topological polar surface area (TPSA) is 20.3 Å². The van der Waals surface area contributed by atoms with E-state index < -0.39 is 0 Å². The van der Waals surface area contributed by atoms with Crippen LogP contribution in [0.25, 0.3) is 0 Å². The zero-order valence-corrected chi connectivity index (χ0v) is 9.14. The van der Waals surface area contributed by atoms with Crippen LogP contribution in [0.1, 0.15) is 34.1 Å². The summed E-state index contributed by atoms with van der Waals surface area (Å²) in [6.45, 7) is 8.31. The Labute approximate surface area is 75.9 Å². The van der Waals surface area contributed by atoms with Crippen molar-refractivity contribution >= 4 is 5.91 Å². The SMILES string of the molecule is CC(C)CC(C)(C)C(=O)N(C)C. The van der Waals surface area contributed by atoms with Gasteiger partial charge >= 0.3 is 0 Å². The van der Waals surface area contributed by atoms with Gasteiger partial charge in [0.2, 0.25) is 5.91 Å². The molecule has 0 saturated carbocycles. The molecular formula is C10H21NO. The fourth-order valence-electron chi connectivity index (χ4n) is 1.71. The summed E-state index contributed by atoms with van der Waals surface area (Å²) >= 11 is 0. The predicted molar refractivity (Wildman–Crippen MR) is 51.9 cm³/mol. The molecule has 0 N–H and O–H groups in total. The van der Waals surface area contributed by atoms with Gasteiger partial charge in [-0.2, -0.15) is 0 Å². The van der Waals surface area contributed by atoms with E-state index in [0.717, 1.165) is 6.42 Å². The number of carbonyl (C=O) groups is 1. The second-order valence-corrected chi connectivity index (χ2v) is 4.68. The van der Waals surface area contributed by atoms with E-state index in [2.05, 4.69) is 13.8 Å². The maximum absolute atomic E-state index is 11.6. The van der Waals surface area contributed by atoms with E-state index >= 15 is 0 Å². The molecule has 0 aromatic rings. The van der Waals surface area contributed by atoms with Crippen molar-refractivity contribution in [2.75, 3.05) is 14.1 Å². The van der Waals surface area contributed by atoms with Gasteiger partial charge in [-0.15, -0.1) is 0 Å². The van der Waals surface area contributed by atoms with Crippen LogP contribution >= 0.6 is 0 Å². The van der Waals surface area contributed by atoms with Crippen LogP contribution in [0, 0.1) is 11.3 Å². The van der Waals surface area contributed by atoms with Gasteiger partial charge in [0.25, 0.3) is 0 Å². The molecule has 12 heavy (non-hydrogen) atoms. The second kappa shape index (κ2) is 3.92. The molecule has 0 aliphatic heterocycles. The van der Waals surface area contributed by atoms with Crippen LogP contribution in [-0.4, -0.2) is 24.9 Å². The van der Waals surface area contributed by atoms with Crippen molar-refractivity contribution in [2.45, 2.75) is 34.1 Å². The molecular weight excluding hydrogens is 150 g/mol. The van der Waals surface area contributed by atoms with Crippen molar-refractivity contribution in [3.05, 3.63) is 0 Å². The van der Waals surface area contributed by atoms with Gasteiger partial charge in [-0.05, 0) is 12.3 Å². The average Bonchev–Trinajstić information content (AvgIpc) is 1.82. The number of amides is 1. The quantitative estimate of drug-likeness (QED) is 0.637. The van der Waals surface area contributed by atoms with Crippen LogP contribution in [-0.2, 0) is 4.79 Å². The lowest BCUT2D eigenvalue weighted by Gasteiger charge is -2.28. The zero-order chi connectivity index (χ0) is 9.94. The summed E-state index contributed by atoms with van der Waals surface area (Å²) in [5.41, 5.74) is -0.211. The van der Waals surface area contributed by atoms with Crippen LogP contribution in [0.3, 0.4) is 0 Å². The van der Waals surface area contributed by atoms with Gasteiger partial charge in [-0.25, -0.2) is 0 Å². The third-order valence-corrected chi connectivity index (χ3v) is 1.90. The van der Waals surface area contributed by atoms with Crippen molar-refractivity contribution in [2.24, 2.45) is 11.3 Å². The van der Waals surface area contributed by atoms with Gasteiger partial charge in [0.05, 0.1) is 0 Å². The minimum Gasteiger partial charge on any atom is -0.348 e. The lowest BCUT2D eigenvalue weighted by molar-refractivity contribution is -0.138. The molecule has 2 nitrogen and oxygen atoms in total. The molecule has 0 heterocycles. The number of rotatable bonds is 3. The van der Waals surface area contributed by atoms with Gasteiger partial charge in [-0.1, -0.05) is 27.7 Å². The molecule has 1 amide bonds. The smallest absolute Gasteiger partial charge is 0.227 e. The highest BCUT2D eigenvalue weighted by molar-refractivity contribution is 5.81. The third-order valence-electron chi connectivity index (χ3n) is 1.90. The van der Waals surface area contributed by atoms with Crippen LogP contribution in [0.2, 0.25) is 0 Å². The molecule has 0 radical (unpaired) electrons. The third kappa shape index (κ3) is 3.24. The summed E-state index contributed by atoms with van der Waals surface area (Å²) in [6, 6.07) is 0. The lowest BCUT2D eigenvalue weighted by atomic mass is 9.83. The molecule has 0 aliphatic rings. The van der Waals surface area contributed by atoms with Gasteiger partial charge in [0.15, 0.2) is 0 Å². The Bertz CT molecular complexity index is 159. The second-order valence-electron chi connectivity index (χ2n) is 4.68. The molecule has 0 rings (SSSR count). The van der Waals surface area contributed by atoms with Gasteiger partial charge in [0, 0.05) is 19.5 Å². The largest absolute Gasteiger partial charge is 0.348 e. The molecule has 2 heteroatoms. The number of carbonyl (C=O) groups excluding carboxylic acids is 1. The fourth-order valence-corrected chi connectivity index (χ4v) is 1.71. The first-order valence-electron chi connectivity index (χ1n) is 4.49. The first kappa shape index (κ1) is 11.5. The average molecular weight is 171 g/mol. The van der Waals surface area contributed by atoms with Crippen molar-refractivity contribution < 1.29 is 4.79 Å². The normalized spacial score (nSPS) is 11.9. The molecule has 0 spiro atoms. The maximum atomic E-state index is 11.6. The van der Waals surface area contributed by atoms with Crippen LogP contribution in [0.5, 0.6) is 0 Å². The van der Waals surface area contributed by atoms with E-state index in [-0.39, 0.29) is 11.3 Å². The van der Waals surface area contributed by atoms with E-state index in [4.69, 9.17) is 0 Å². The summed E-state index contributed by atoms with van der Waals surface area (Å²) in [4.78, 5) is 13.3. The molecule has 0 aromatic heterocycles. The number of hydrogen-bond acceptors (Lipinski definition) is 1. The van der Waals surface area contributed by atoms with Crippen molar-refractivity contribution in [3.8, 4) is 0 Å². The highest BCUT2D eigenvalue weighted by atomic mass is 16.2. The van der Waals surface area contributed by atoms with Crippen LogP contribution < -0.4 is 0 Å². The molecule has 0 aliphatic carbocycles. The number of nitrogens with zero attached hydrogens (tertiary/aromatic N) is 1. The molecule has 0 unspecified atom stereocenters. The Hall–Kier alpha value is -0.530. The van der Waals surface area contributed by atoms with Gasteiger partial charge < -0.3 is 4.90 Å². The molecule has 0 bridgehead atoms. The molecule has 0 saturated heterocycles. The van der Waals surface area contributed by atoms with Crippen molar-refractivity contribution in [3.63, 3.8) is 0 Å². The van der Waals surface area contributed by atoms with E-state index in [1.54, 1.807) is 4.90 Å². The highest BCUT2D eigenvalue weighted by Gasteiger charge is 2.29. The van der Waals surface area contributed by atoms with Crippen molar-refractivity contribution in [1.82, 2.24) is 4.90 Å². The first-order valence-corrected chi connectivity index (χ1v) is 4.49. The first-order chi connectivity index (χ1) is 5.27. The van der Waals surface area contributed by atoms with Crippen LogP contribution in [0.15, 0.2) is 0 Å². The zero-order valence-electron chi connectivity index (χ0n) is 9.14. The summed E-state index contributed by atoms with van der Waals surface area (Å²) in [7, 11) is 3.62. The van der Waals surface area contributed by atoms with E-state index in [1.807, 2.05) is 27.9 Å². The standard InChI is InChI=1S/C10H21NO/c1-8(2)7-10(3,4)9(12)11(5)6/h8H,7H2,1-6H3. The molecule has 72 valence electrons. The summed E-state index contributed by atoms with van der Waals surface area (Å²) in [5, 5.41) is 0. The van der Waals surface area contributed by atoms with E-state index in [1.165, 1.54) is 0 Å². The molecule has 0 aromatic carbocycles. The minimum atomic E-state index is -0.211. The van der Waals surface area contributed by atoms with Crippen LogP contribution in [0.4, 0.5) is 0 Å². The Balaban J connectivity index is 4.29. The highest BCUT2D eigenvalue weighted by Crippen LogP contribution is 2.26. The minimum absolute atomic E-state index is 0.211. The van der Waals surface area contributed by atoms with E-state index in [0.29, 0.717) is 5.92 Å². The number of hydrogen-bond donors (Lipinski definition) is 0. The van der Waals surface area contributed by atoms with Gasteiger partial charge in [0.1, 0.15) is 0 Å². The molecule has 0 atom stereocenters. The summed E-state index contributed by atoms with van der Waals surface area (Å²) < 4.78 is 0. The van der Waals surface area contributed by atoms with E-state index in [9.17, 15) is 4.79 Å². The van der Waals surface area contributed by atoms with Crippen molar-refractivity contribution in [1.29, 1.82) is 0 Å². The Kier molecular flexibility index (Phi) is 3.75. The van der Waals surface area contributed by atoms with Gasteiger partial charge in [-0.3, -0.25) is 4.79 Å². The fraction of sp³-hybridized carbons (Fsp3) is 0.900. The lowest BCUT2D eigenvalue weighted by Crippen LogP contribution is -2.36. The Morgan fingerprint density at radius 1 is 1.33 bits per heavy atom. The molecule has 0 fully saturated rings. The predicted octanol–water partition coefficient (Wildman–Crippen LogP) is 2.15. The monoisotopic (exact) mass is 171 g/mol. The maximum Gasteiger partial charge on any atom is 0.227 e. The Morgan fingerprint density at radius 3 is 2.00 bits per heavy atom. The summed E-state index contributed by atoms with van der Waals surface area (Å²) in [5.74, 6) is 0.792. The summed E-state index contributed by atoms with van der Waals surface area (Å²) in [6.07, 6.45) is 0.948. The Morgan fingerprint density at radius 2 is 1.75 bits per heavy atom.